The Balaban J connectivity index is 1.62. The van der Waals surface area contributed by atoms with Gasteiger partial charge in [-0.3, -0.25) is 0 Å². The molecule has 0 atom stereocenters. The third-order valence-electron chi connectivity index (χ3n) is 4.91. The minimum absolute atomic E-state index is 0.503. The first-order valence-electron chi connectivity index (χ1n) is 10.6. The van der Waals surface area contributed by atoms with Crippen molar-refractivity contribution in [1.82, 2.24) is 0 Å². The van der Waals surface area contributed by atoms with Gasteiger partial charge in [-0.05, 0) is 79.6 Å². The summed E-state index contributed by atoms with van der Waals surface area (Å²) in [6.45, 7) is 5.72. The third-order valence-corrected chi connectivity index (χ3v) is 5.22. The second kappa shape index (κ2) is 11.7. The molecule has 7 heteroatoms. The van der Waals surface area contributed by atoms with Crippen LogP contribution < -0.4 is 4.90 Å². The molecule has 0 aliphatic carbocycles. The van der Waals surface area contributed by atoms with Gasteiger partial charge in [-0.25, -0.2) is 0 Å². The number of aryl methyl sites for hydroxylation is 1. The van der Waals surface area contributed by atoms with Crippen molar-refractivity contribution < 1.29 is 0 Å². The number of benzene rings is 3. The van der Waals surface area contributed by atoms with Crippen molar-refractivity contribution in [1.29, 1.82) is 5.26 Å². The SMILES string of the molecule is CCc1ccc(N=Nc2ccc(N=Nc3ccc(N(CC)CCC#N)cc3)cc2)c(Cl)c1. The van der Waals surface area contributed by atoms with Crippen molar-refractivity contribution >= 4 is 40.0 Å². The molecule has 0 radical (unpaired) electrons. The van der Waals surface area contributed by atoms with E-state index in [-0.39, 0.29) is 0 Å². The molecule has 3 aromatic carbocycles. The van der Waals surface area contributed by atoms with Gasteiger partial charge in [0, 0.05) is 18.8 Å². The van der Waals surface area contributed by atoms with Crippen LogP contribution >= 0.6 is 11.6 Å². The van der Waals surface area contributed by atoms with Crippen LogP contribution in [0.5, 0.6) is 0 Å². The second-order valence-corrected chi connectivity index (χ2v) is 7.47. The highest BCUT2D eigenvalue weighted by molar-refractivity contribution is 6.33. The number of halogens is 1. The molecule has 0 bridgehead atoms. The average molecular weight is 445 g/mol. The van der Waals surface area contributed by atoms with E-state index in [9.17, 15) is 0 Å². The first-order valence-corrected chi connectivity index (χ1v) is 10.9. The van der Waals surface area contributed by atoms with Gasteiger partial charge in [-0.15, -0.1) is 5.11 Å². The molecule has 0 spiro atoms. The van der Waals surface area contributed by atoms with Gasteiger partial charge in [0.05, 0.1) is 34.6 Å². The van der Waals surface area contributed by atoms with Crippen molar-refractivity contribution in [2.45, 2.75) is 26.7 Å². The third kappa shape index (κ3) is 6.47. The monoisotopic (exact) mass is 444 g/mol. The van der Waals surface area contributed by atoms with E-state index < -0.39 is 0 Å². The molecule has 0 fully saturated rings. The van der Waals surface area contributed by atoms with Crippen LogP contribution in [0.2, 0.25) is 5.02 Å². The Hall–Kier alpha value is -3.56. The second-order valence-electron chi connectivity index (χ2n) is 7.06. The lowest BCUT2D eigenvalue weighted by atomic mass is 10.1. The fourth-order valence-electron chi connectivity index (χ4n) is 3.05. The Morgan fingerprint density at radius 2 is 1.38 bits per heavy atom. The molecule has 0 unspecified atom stereocenters. The molecule has 3 rings (SSSR count). The van der Waals surface area contributed by atoms with Crippen molar-refractivity contribution in [3.8, 4) is 6.07 Å². The summed E-state index contributed by atoms with van der Waals surface area (Å²) < 4.78 is 0. The number of rotatable bonds is 9. The Morgan fingerprint density at radius 1 is 0.812 bits per heavy atom. The summed E-state index contributed by atoms with van der Waals surface area (Å²) in [6, 6.07) is 23.2. The highest BCUT2D eigenvalue weighted by atomic mass is 35.5. The molecule has 0 aromatic heterocycles. The zero-order valence-electron chi connectivity index (χ0n) is 18.2. The molecule has 3 aromatic rings. The quantitative estimate of drug-likeness (QED) is 0.310. The summed E-state index contributed by atoms with van der Waals surface area (Å²) >= 11 is 6.26. The number of hydrogen-bond donors (Lipinski definition) is 0. The first kappa shape index (κ1) is 23.1. The molecule has 0 saturated carbocycles. The largest absolute Gasteiger partial charge is 0.371 e. The molecule has 0 saturated heterocycles. The van der Waals surface area contributed by atoms with E-state index in [4.69, 9.17) is 16.9 Å². The van der Waals surface area contributed by atoms with Crippen LogP contribution in [0.3, 0.4) is 0 Å². The van der Waals surface area contributed by atoms with E-state index in [0.717, 1.165) is 30.0 Å². The van der Waals surface area contributed by atoms with Gasteiger partial charge < -0.3 is 4.90 Å². The lowest BCUT2D eigenvalue weighted by Gasteiger charge is -2.21. The van der Waals surface area contributed by atoms with Gasteiger partial charge in [0.2, 0.25) is 0 Å². The van der Waals surface area contributed by atoms with E-state index in [1.54, 1.807) is 0 Å². The molecular weight excluding hydrogens is 420 g/mol. The standard InChI is InChI=1S/C25H25ClN6/c1-3-19-6-15-25(24(26)18-19)31-30-21-9-7-20(8-10-21)28-29-22-11-13-23(14-12-22)32(4-2)17-5-16-27/h6-15,18H,3-5,17H2,1-2H3. The molecule has 0 aliphatic rings. The minimum Gasteiger partial charge on any atom is -0.371 e. The fourth-order valence-corrected chi connectivity index (χ4v) is 3.29. The number of nitriles is 1. The highest BCUT2D eigenvalue weighted by Gasteiger charge is 2.04. The summed E-state index contributed by atoms with van der Waals surface area (Å²) in [5.74, 6) is 0. The Labute approximate surface area is 193 Å². The van der Waals surface area contributed by atoms with Crippen LogP contribution in [0.1, 0.15) is 25.8 Å². The number of hydrogen-bond acceptors (Lipinski definition) is 6. The molecule has 0 amide bonds. The molecule has 6 nitrogen and oxygen atoms in total. The van der Waals surface area contributed by atoms with E-state index in [0.29, 0.717) is 29.4 Å². The molecule has 0 N–H and O–H groups in total. The van der Waals surface area contributed by atoms with Crippen molar-refractivity contribution in [2.75, 3.05) is 18.0 Å². The maximum Gasteiger partial charge on any atom is 0.104 e. The van der Waals surface area contributed by atoms with Crippen LogP contribution in [-0.2, 0) is 6.42 Å². The summed E-state index contributed by atoms with van der Waals surface area (Å²) in [5.41, 5.74) is 5.08. The Kier molecular flexibility index (Phi) is 8.47. The summed E-state index contributed by atoms with van der Waals surface area (Å²) in [6.07, 6.45) is 1.43. The van der Waals surface area contributed by atoms with Gasteiger partial charge in [-0.1, -0.05) is 24.6 Å². The number of anilines is 1. The summed E-state index contributed by atoms with van der Waals surface area (Å²) in [5, 5.41) is 26.5. The fraction of sp³-hybridized carbons (Fsp3) is 0.240. The van der Waals surface area contributed by atoms with Crippen LogP contribution in [0.15, 0.2) is 87.2 Å². The zero-order valence-corrected chi connectivity index (χ0v) is 19.0. The van der Waals surface area contributed by atoms with Crippen LogP contribution in [0.25, 0.3) is 0 Å². The maximum absolute atomic E-state index is 8.79. The van der Waals surface area contributed by atoms with E-state index in [1.165, 1.54) is 5.56 Å². The van der Waals surface area contributed by atoms with E-state index >= 15 is 0 Å². The predicted molar refractivity (Wildman–Crippen MR) is 130 cm³/mol. The van der Waals surface area contributed by atoms with E-state index in [1.807, 2.05) is 66.7 Å². The lowest BCUT2D eigenvalue weighted by Crippen LogP contribution is -2.23. The van der Waals surface area contributed by atoms with Gasteiger partial charge in [0.15, 0.2) is 0 Å². The molecular formula is C25H25ClN6. The zero-order chi connectivity index (χ0) is 22.8. The Bertz CT molecular complexity index is 1110. The van der Waals surface area contributed by atoms with E-state index in [2.05, 4.69) is 45.3 Å². The lowest BCUT2D eigenvalue weighted by molar-refractivity contribution is 0.827. The highest BCUT2D eigenvalue weighted by Crippen LogP contribution is 2.29. The topological polar surface area (TPSA) is 76.5 Å². The number of azo groups is 2. The average Bonchev–Trinajstić information content (AvgIpc) is 2.83. The maximum atomic E-state index is 8.79. The molecule has 162 valence electrons. The first-order chi connectivity index (χ1) is 15.6. The van der Waals surface area contributed by atoms with Crippen molar-refractivity contribution in [3.63, 3.8) is 0 Å². The van der Waals surface area contributed by atoms with Crippen LogP contribution in [0, 0.1) is 11.3 Å². The minimum atomic E-state index is 0.503. The van der Waals surface area contributed by atoms with Gasteiger partial charge in [0.25, 0.3) is 0 Å². The summed E-state index contributed by atoms with van der Waals surface area (Å²) in [7, 11) is 0. The normalized spacial score (nSPS) is 11.2. The van der Waals surface area contributed by atoms with Crippen molar-refractivity contribution in [3.05, 3.63) is 77.3 Å². The van der Waals surface area contributed by atoms with Gasteiger partial charge in [-0.2, -0.15) is 20.6 Å². The Morgan fingerprint density at radius 3 is 1.88 bits per heavy atom. The molecule has 0 aliphatic heterocycles. The van der Waals surface area contributed by atoms with Crippen LogP contribution in [-0.4, -0.2) is 13.1 Å². The van der Waals surface area contributed by atoms with Crippen molar-refractivity contribution in [2.24, 2.45) is 20.5 Å². The van der Waals surface area contributed by atoms with Gasteiger partial charge >= 0.3 is 0 Å². The number of nitrogens with zero attached hydrogens (tertiary/aromatic N) is 6. The van der Waals surface area contributed by atoms with Gasteiger partial charge in [0.1, 0.15) is 5.69 Å². The smallest absolute Gasteiger partial charge is 0.104 e. The molecule has 0 heterocycles. The molecule has 32 heavy (non-hydrogen) atoms. The summed E-state index contributed by atoms with van der Waals surface area (Å²) in [4.78, 5) is 2.16. The predicted octanol–water partition coefficient (Wildman–Crippen LogP) is 8.47. The van der Waals surface area contributed by atoms with Crippen LogP contribution in [0.4, 0.5) is 28.4 Å².